The molecule has 4 nitrogen and oxygen atoms in total. The van der Waals surface area contributed by atoms with E-state index in [-0.39, 0.29) is 11.4 Å². The fourth-order valence-corrected chi connectivity index (χ4v) is 3.59. The molecule has 152 valence electrons. The summed E-state index contributed by atoms with van der Waals surface area (Å²) >= 11 is 0. The molecule has 4 aromatic rings. The third-order valence-electron chi connectivity index (χ3n) is 5.20. The number of carbonyl (C=O) groups is 1. The van der Waals surface area contributed by atoms with Crippen LogP contribution in [-0.2, 0) is 6.54 Å². The lowest BCUT2D eigenvalue weighted by atomic mass is 10.0. The minimum absolute atomic E-state index is 0.174. The lowest BCUT2D eigenvalue weighted by Gasteiger charge is -2.06. The van der Waals surface area contributed by atoms with Crippen molar-refractivity contribution in [3.05, 3.63) is 107 Å². The minimum atomic E-state index is -1.01. The van der Waals surface area contributed by atoms with Crippen molar-refractivity contribution in [2.24, 2.45) is 0 Å². The highest BCUT2D eigenvalue weighted by Gasteiger charge is 2.11. The van der Waals surface area contributed by atoms with Gasteiger partial charge in [-0.2, -0.15) is 5.26 Å². The molecule has 0 bridgehead atoms. The van der Waals surface area contributed by atoms with Gasteiger partial charge in [-0.25, -0.2) is 9.18 Å². The van der Waals surface area contributed by atoms with E-state index in [0.717, 1.165) is 27.6 Å². The Morgan fingerprint density at radius 1 is 1.06 bits per heavy atom. The van der Waals surface area contributed by atoms with Crippen LogP contribution < -0.4 is 0 Å². The molecule has 4 rings (SSSR count). The number of benzene rings is 3. The average molecular weight is 410 g/mol. The van der Waals surface area contributed by atoms with E-state index in [1.165, 1.54) is 24.3 Å². The molecule has 5 heteroatoms. The lowest BCUT2D eigenvalue weighted by Crippen LogP contribution is -1.98. The zero-order valence-electron chi connectivity index (χ0n) is 16.8. The van der Waals surface area contributed by atoms with Gasteiger partial charge in [0.25, 0.3) is 0 Å². The number of allylic oxidation sites excluding steroid dienone is 1. The quantitative estimate of drug-likeness (QED) is 0.417. The Bertz CT molecular complexity index is 1340. The molecule has 31 heavy (non-hydrogen) atoms. The second-order valence-corrected chi connectivity index (χ2v) is 7.41. The Kier molecular flexibility index (Phi) is 5.38. The number of aromatic carboxylic acids is 1. The maximum Gasteiger partial charge on any atom is 0.335 e. The first-order valence-corrected chi connectivity index (χ1v) is 9.74. The Morgan fingerprint density at radius 2 is 1.74 bits per heavy atom. The van der Waals surface area contributed by atoms with Crippen molar-refractivity contribution in [1.29, 1.82) is 5.26 Å². The van der Waals surface area contributed by atoms with Gasteiger partial charge >= 0.3 is 5.97 Å². The average Bonchev–Trinajstić information content (AvgIpc) is 3.09. The molecule has 0 fully saturated rings. The summed E-state index contributed by atoms with van der Waals surface area (Å²) in [4.78, 5) is 11.1. The molecule has 0 aliphatic rings. The van der Waals surface area contributed by atoms with Gasteiger partial charge in [-0.3, -0.25) is 0 Å². The molecule has 0 aliphatic carbocycles. The highest BCUT2D eigenvalue weighted by atomic mass is 19.1. The Morgan fingerprint density at radius 3 is 2.39 bits per heavy atom. The molecule has 1 N–H and O–H groups in total. The van der Waals surface area contributed by atoms with Crippen molar-refractivity contribution in [3.63, 3.8) is 0 Å². The maximum absolute atomic E-state index is 13.3. The van der Waals surface area contributed by atoms with E-state index >= 15 is 0 Å². The van der Waals surface area contributed by atoms with E-state index in [2.05, 4.69) is 16.7 Å². The third-order valence-corrected chi connectivity index (χ3v) is 5.20. The van der Waals surface area contributed by atoms with Gasteiger partial charge in [0, 0.05) is 29.2 Å². The van der Waals surface area contributed by atoms with Crippen LogP contribution >= 0.6 is 0 Å². The number of carboxylic acid groups (broad SMARTS) is 1. The van der Waals surface area contributed by atoms with Crippen molar-refractivity contribution in [1.82, 2.24) is 4.57 Å². The number of halogens is 1. The van der Waals surface area contributed by atoms with Gasteiger partial charge in [-0.1, -0.05) is 36.4 Å². The summed E-state index contributed by atoms with van der Waals surface area (Å²) in [6.07, 6.45) is 3.80. The van der Waals surface area contributed by atoms with Crippen LogP contribution in [0.15, 0.2) is 72.9 Å². The first kappa shape index (κ1) is 20.1. The molecule has 0 atom stereocenters. The summed E-state index contributed by atoms with van der Waals surface area (Å²) in [7, 11) is 0. The van der Waals surface area contributed by atoms with E-state index in [4.69, 9.17) is 5.11 Å². The zero-order chi connectivity index (χ0) is 22.0. The highest BCUT2D eigenvalue weighted by Crippen LogP contribution is 2.28. The molecule has 0 amide bonds. The van der Waals surface area contributed by atoms with E-state index < -0.39 is 5.97 Å². The predicted octanol–water partition coefficient (Wildman–Crippen LogP) is 5.90. The second-order valence-electron chi connectivity index (χ2n) is 7.41. The fourth-order valence-electron chi connectivity index (χ4n) is 3.59. The highest BCUT2D eigenvalue weighted by molar-refractivity contribution is 5.98. The number of hydrogen-bond donors (Lipinski definition) is 1. The number of carboxylic acids is 1. The van der Waals surface area contributed by atoms with Crippen molar-refractivity contribution in [2.45, 2.75) is 13.5 Å². The molecule has 3 aromatic carbocycles. The van der Waals surface area contributed by atoms with Crippen LogP contribution in [0.4, 0.5) is 4.39 Å². The summed E-state index contributed by atoms with van der Waals surface area (Å²) in [5.74, 6) is -1.28. The first-order chi connectivity index (χ1) is 14.9. The van der Waals surface area contributed by atoms with Gasteiger partial charge in [0.1, 0.15) is 5.82 Å². The zero-order valence-corrected chi connectivity index (χ0v) is 16.8. The van der Waals surface area contributed by atoms with E-state index in [9.17, 15) is 14.4 Å². The molecule has 0 saturated carbocycles. The van der Waals surface area contributed by atoms with Crippen LogP contribution in [-0.4, -0.2) is 15.6 Å². The van der Waals surface area contributed by atoms with Gasteiger partial charge < -0.3 is 9.67 Å². The number of aromatic nitrogens is 1. The SMILES string of the molecule is Cc1ccc2c(/C=C(\C#N)c3ccc(C(=O)O)cc3)cn(Cc3ccc(F)cc3)c2c1. The summed E-state index contributed by atoms with van der Waals surface area (Å²) in [5, 5.41) is 19.8. The van der Waals surface area contributed by atoms with Crippen LogP contribution in [0.5, 0.6) is 0 Å². The lowest BCUT2D eigenvalue weighted by molar-refractivity contribution is 0.0697. The molecule has 0 spiro atoms. The molecule has 0 aliphatic heterocycles. The minimum Gasteiger partial charge on any atom is -0.478 e. The van der Waals surface area contributed by atoms with E-state index in [1.54, 1.807) is 24.3 Å². The molecular weight excluding hydrogens is 391 g/mol. The number of nitrogens with zero attached hydrogens (tertiary/aromatic N) is 2. The van der Waals surface area contributed by atoms with Gasteiger partial charge in [0.2, 0.25) is 0 Å². The number of fused-ring (bicyclic) bond motifs is 1. The molecule has 1 aromatic heterocycles. The van der Waals surface area contributed by atoms with Gasteiger partial charge in [-0.05, 0) is 60.0 Å². The molecule has 0 unspecified atom stereocenters. The Labute approximate surface area is 179 Å². The first-order valence-electron chi connectivity index (χ1n) is 9.74. The van der Waals surface area contributed by atoms with Crippen LogP contribution in [0.2, 0.25) is 0 Å². The van der Waals surface area contributed by atoms with Crippen molar-refractivity contribution in [2.75, 3.05) is 0 Å². The van der Waals surface area contributed by atoms with E-state index in [1.807, 2.05) is 31.3 Å². The van der Waals surface area contributed by atoms with Crippen LogP contribution in [0.25, 0.3) is 22.6 Å². The maximum atomic E-state index is 13.3. The third kappa shape index (κ3) is 4.24. The van der Waals surface area contributed by atoms with E-state index in [0.29, 0.717) is 17.7 Å². The predicted molar refractivity (Wildman–Crippen MR) is 119 cm³/mol. The van der Waals surface area contributed by atoms with Crippen molar-refractivity contribution >= 4 is 28.5 Å². The number of aryl methyl sites for hydroxylation is 1. The second kappa shape index (κ2) is 8.29. The Balaban J connectivity index is 1.78. The van der Waals surface area contributed by atoms with Gasteiger partial charge in [0.15, 0.2) is 0 Å². The number of hydrogen-bond acceptors (Lipinski definition) is 2. The van der Waals surface area contributed by atoms with Crippen LogP contribution in [0, 0.1) is 24.1 Å². The molecular formula is C26H19FN2O2. The smallest absolute Gasteiger partial charge is 0.335 e. The van der Waals surface area contributed by atoms with Crippen molar-refractivity contribution < 1.29 is 14.3 Å². The fraction of sp³-hybridized carbons (Fsp3) is 0.0769. The van der Waals surface area contributed by atoms with Crippen LogP contribution in [0.3, 0.4) is 0 Å². The number of rotatable bonds is 5. The summed E-state index contributed by atoms with van der Waals surface area (Å²) < 4.78 is 15.4. The topological polar surface area (TPSA) is 66.0 Å². The van der Waals surface area contributed by atoms with Gasteiger partial charge in [0.05, 0.1) is 17.2 Å². The summed E-state index contributed by atoms with van der Waals surface area (Å²) in [6.45, 7) is 2.60. The number of nitriles is 1. The molecule has 0 saturated heterocycles. The standard InChI is InChI=1S/C26H19FN2O2/c1-17-2-11-24-22(13-21(14-28)19-5-7-20(8-6-19)26(30)31)16-29(25(24)12-17)15-18-3-9-23(27)10-4-18/h2-13,16H,15H2,1H3,(H,30,31)/b21-13+. The van der Waals surface area contributed by atoms with Crippen molar-refractivity contribution in [3.8, 4) is 6.07 Å². The molecule has 1 heterocycles. The summed E-state index contributed by atoms with van der Waals surface area (Å²) in [6, 6.07) is 21.0. The van der Waals surface area contributed by atoms with Crippen LogP contribution in [0.1, 0.15) is 32.6 Å². The largest absolute Gasteiger partial charge is 0.478 e. The monoisotopic (exact) mass is 410 g/mol. The van der Waals surface area contributed by atoms with Gasteiger partial charge in [-0.15, -0.1) is 0 Å². The Hall–Kier alpha value is -4.17. The summed E-state index contributed by atoms with van der Waals surface area (Å²) in [5.41, 5.74) is 5.27. The molecule has 0 radical (unpaired) electrons. The normalized spacial score (nSPS) is 11.5.